The number of benzene rings is 1. The topological polar surface area (TPSA) is 104 Å². The molecule has 5 rings (SSSR count). The molecule has 1 saturated carbocycles. The molecule has 1 aliphatic heterocycles. The second kappa shape index (κ2) is 9.54. The highest BCUT2D eigenvalue weighted by atomic mass is 16.1. The van der Waals surface area contributed by atoms with Crippen molar-refractivity contribution in [2.75, 3.05) is 23.7 Å². The van der Waals surface area contributed by atoms with E-state index in [0.717, 1.165) is 30.9 Å². The summed E-state index contributed by atoms with van der Waals surface area (Å²) in [6.07, 6.45) is 6.17. The van der Waals surface area contributed by atoms with Crippen molar-refractivity contribution >= 4 is 29.2 Å². The van der Waals surface area contributed by atoms with Gasteiger partial charge in [0, 0.05) is 36.6 Å². The summed E-state index contributed by atoms with van der Waals surface area (Å²) in [6.45, 7) is 4.29. The lowest BCUT2D eigenvalue weighted by molar-refractivity contribution is 0.0956. The second-order valence-electron chi connectivity index (χ2n) is 8.55. The number of nitrogens with one attached hydrogen (secondary N) is 4. The summed E-state index contributed by atoms with van der Waals surface area (Å²) in [5.74, 6) is 1.84. The van der Waals surface area contributed by atoms with Gasteiger partial charge in [-0.25, -0.2) is 9.97 Å². The number of nitrogens with zero attached hydrogens (tertiary/aromatic N) is 3. The van der Waals surface area contributed by atoms with Crippen LogP contribution in [-0.4, -0.2) is 33.9 Å². The van der Waals surface area contributed by atoms with Crippen LogP contribution in [0.15, 0.2) is 42.6 Å². The van der Waals surface area contributed by atoms with Crippen molar-refractivity contribution in [3.8, 4) is 0 Å². The Labute approximate surface area is 193 Å². The van der Waals surface area contributed by atoms with Crippen LogP contribution in [-0.2, 0) is 13.0 Å². The summed E-state index contributed by atoms with van der Waals surface area (Å²) < 4.78 is 0. The van der Waals surface area contributed by atoms with E-state index in [1.54, 1.807) is 6.20 Å². The van der Waals surface area contributed by atoms with Crippen molar-refractivity contribution in [1.82, 2.24) is 25.6 Å². The van der Waals surface area contributed by atoms with E-state index in [9.17, 15) is 4.79 Å². The number of aromatic nitrogens is 3. The first kappa shape index (κ1) is 21.3. The van der Waals surface area contributed by atoms with Gasteiger partial charge in [0.25, 0.3) is 5.91 Å². The first-order valence-electron chi connectivity index (χ1n) is 11.7. The third kappa shape index (κ3) is 4.80. The van der Waals surface area contributed by atoms with Gasteiger partial charge in [-0.05, 0) is 68.1 Å². The summed E-state index contributed by atoms with van der Waals surface area (Å²) in [5.41, 5.74) is 5.04. The van der Waals surface area contributed by atoms with Crippen LogP contribution in [0, 0.1) is 0 Å². The minimum Gasteiger partial charge on any atom is -0.352 e. The molecule has 1 aliphatic carbocycles. The molecule has 170 valence electrons. The molecular formula is C25H29N7O. The Morgan fingerprint density at radius 1 is 1.12 bits per heavy atom. The van der Waals surface area contributed by atoms with Gasteiger partial charge >= 0.3 is 0 Å². The summed E-state index contributed by atoms with van der Waals surface area (Å²) in [7, 11) is 0. The van der Waals surface area contributed by atoms with Gasteiger partial charge in [-0.2, -0.15) is 4.98 Å². The predicted octanol–water partition coefficient (Wildman–Crippen LogP) is 4.02. The van der Waals surface area contributed by atoms with E-state index >= 15 is 0 Å². The van der Waals surface area contributed by atoms with Crippen molar-refractivity contribution in [3.63, 3.8) is 0 Å². The fraction of sp³-hybridized carbons (Fsp3) is 0.360. The normalized spacial score (nSPS) is 15.3. The fourth-order valence-corrected chi connectivity index (χ4v) is 4.22. The van der Waals surface area contributed by atoms with Gasteiger partial charge in [-0.1, -0.05) is 18.6 Å². The Kier molecular flexibility index (Phi) is 6.17. The summed E-state index contributed by atoms with van der Waals surface area (Å²) >= 11 is 0. The molecule has 33 heavy (non-hydrogen) atoms. The molecule has 3 heterocycles. The number of rotatable bonds is 7. The van der Waals surface area contributed by atoms with E-state index in [1.165, 1.54) is 30.4 Å². The lowest BCUT2D eigenvalue weighted by Gasteiger charge is -2.25. The fourth-order valence-electron chi connectivity index (χ4n) is 4.22. The first-order valence-corrected chi connectivity index (χ1v) is 11.7. The maximum absolute atomic E-state index is 12.6. The third-order valence-electron chi connectivity index (χ3n) is 6.26. The highest BCUT2D eigenvalue weighted by Gasteiger charge is 2.21. The van der Waals surface area contributed by atoms with Crippen LogP contribution in [0.5, 0.6) is 0 Å². The van der Waals surface area contributed by atoms with E-state index in [-0.39, 0.29) is 5.91 Å². The lowest BCUT2D eigenvalue weighted by atomic mass is 9.83. The average Bonchev–Trinajstić information content (AvgIpc) is 2.78. The van der Waals surface area contributed by atoms with Gasteiger partial charge < -0.3 is 21.3 Å². The number of amides is 1. The Balaban J connectivity index is 1.42. The smallest absolute Gasteiger partial charge is 0.256 e. The van der Waals surface area contributed by atoms with Crippen molar-refractivity contribution in [1.29, 1.82) is 0 Å². The molecule has 1 aromatic carbocycles. The minimum absolute atomic E-state index is 0.219. The van der Waals surface area contributed by atoms with Gasteiger partial charge in [-0.15, -0.1) is 0 Å². The molecule has 0 spiro atoms. The molecule has 1 fully saturated rings. The predicted molar refractivity (Wildman–Crippen MR) is 129 cm³/mol. The standard InChI is InChI=1S/C25H29N7O/c1-2-27-24(33)20-15-28-25(29-19-10-9-18-14-26-12-11-17(18)13-19)32-23(20)31-22-8-4-7-21(30-22)16-5-3-6-16/h4,7-10,13,15-16,26H,2-3,5-6,11-12,14H2,1H3,(H,27,33)(H2,28,29,30,31,32). The van der Waals surface area contributed by atoms with Gasteiger partial charge in [0.15, 0.2) is 0 Å². The largest absolute Gasteiger partial charge is 0.352 e. The highest BCUT2D eigenvalue weighted by Crippen LogP contribution is 2.35. The summed E-state index contributed by atoms with van der Waals surface area (Å²) in [4.78, 5) is 26.5. The molecule has 0 atom stereocenters. The monoisotopic (exact) mass is 443 g/mol. The zero-order valence-electron chi connectivity index (χ0n) is 18.8. The molecule has 4 N–H and O–H groups in total. The highest BCUT2D eigenvalue weighted by molar-refractivity contribution is 5.99. The number of carbonyl (C=O) groups excluding carboxylic acids is 1. The van der Waals surface area contributed by atoms with Crippen molar-refractivity contribution in [3.05, 3.63) is 65.0 Å². The van der Waals surface area contributed by atoms with E-state index in [0.29, 0.717) is 35.6 Å². The Hall–Kier alpha value is -3.52. The molecule has 8 heteroatoms. The maximum Gasteiger partial charge on any atom is 0.256 e. The summed E-state index contributed by atoms with van der Waals surface area (Å²) in [5, 5.41) is 12.8. The number of hydrogen-bond donors (Lipinski definition) is 4. The van der Waals surface area contributed by atoms with E-state index in [4.69, 9.17) is 4.98 Å². The SMILES string of the molecule is CCNC(=O)c1cnc(Nc2ccc3c(c2)CCNC3)nc1Nc1cccc(C2CCC2)n1. The number of carbonyl (C=O) groups is 1. The molecule has 2 aliphatic rings. The zero-order valence-corrected chi connectivity index (χ0v) is 18.8. The molecule has 2 aromatic heterocycles. The molecule has 1 amide bonds. The van der Waals surface area contributed by atoms with Crippen LogP contribution in [0.4, 0.5) is 23.3 Å². The van der Waals surface area contributed by atoms with E-state index in [1.807, 2.05) is 25.1 Å². The number of hydrogen-bond acceptors (Lipinski definition) is 7. The van der Waals surface area contributed by atoms with Crippen molar-refractivity contribution in [2.24, 2.45) is 0 Å². The van der Waals surface area contributed by atoms with Crippen LogP contribution < -0.4 is 21.3 Å². The van der Waals surface area contributed by atoms with Gasteiger partial charge in [-0.3, -0.25) is 4.79 Å². The molecule has 3 aromatic rings. The quantitative estimate of drug-likeness (QED) is 0.437. The molecule has 0 radical (unpaired) electrons. The third-order valence-corrected chi connectivity index (χ3v) is 6.26. The van der Waals surface area contributed by atoms with Crippen LogP contribution in [0.25, 0.3) is 0 Å². The lowest BCUT2D eigenvalue weighted by Crippen LogP contribution is -2.24. The number of fused-ring (bicyclic) bond motifs is 1. The van der Waals surface area contributed by atoms with Crippen molar-refractivity contribution < 1.29 is 4.79 Å². The van der Waals surface area contributed by atoms with Crippen LogP contribution in [0.1, 0.15) is 59.3 Å². The molecular weight excluding hydrogens is 414 g/mol. The molecule has 8 nitrogen and oxygen atoms in total. The van der Waals surface area contributed by atoms with Crippen molar-refractivity contribution in [2.45, 2.75) is 45.1 Å². The Morgan fingerprint density at radius 3 is 2.85 bits per heavy atom. The van der Waals surface area contributed by atoms with Gasteiger partial charge in [0.2, 0.25) is 5.95 Å². The molecule has 0 saturated heterocycles. The Morgan fingerprint density at radius 2 is 2.03 bits per heavy atom. The van der Waals surface area contributed by atoms with Crippen LogP contribution >= 0.6 is 0 Å². The Bertz CT molecular complexity index is 1160. The van der Waals surface area contributed by atoms with Crippen LogP contribution in [0.3, 0.4) is 0 Å². The average molecular weight is 444 g/mol. The number of pyridine rings is 1. The minimum atomic E-state index is -0.219. The molecule has 0 unspecified atom stereocenters. The van der Waals surface area contributed by atoms with Gasteiger partial charge in [0.1, 0.15) is 17.2 Å². The first-order chi connectivity index (χ1) is 16.2. The maximum atomic E-state index is 12.6. The van der Waals surface area contributed by atoms with Crippen LogP contribution in [0.2, 0.25) is 0 Å². The van der Waals surface area contributed by atoms with Gasteiger partial charge in [0.05, 0.1) is 0 Å². The zero-order chi connectivity index (χ0) is 22.6. The summed E-state index contributed by atoms with van der Waals surface area (Å²) in [6, 6.07) is 12.3. The van der Waals surface area contributed by atoms with E-state index < -0.39 is 0 Å². The molecule has 0 bridgehead atoms. The second-order valence-corrected chi connectivity index (χ2v) is 8.55. The number of anilines is 4. The van der Waals surface area contributed by atoms with E-state index in [2.05, 4.69) is 49.4 Å².